The molecule has 23 heavy (non-hydrogen) atoms. The average molecular weight is 315 g/mol. The summed E-state index contributed by atoms with van der Waals surface area (Å²) in [7, 11) is 0. The number of hydrogen-bond acceptors (Lipinski definition) is 4. The van der Waals surface area contributed by atoms with Crippen molar-refractivity contribution in [1.29, 1.82) is 5.26 Å². The third-order valence-electron chi connectivity index (χ3n) is 3.90. The molecule has 1 aliphatic heterocycles. The first-order chi connectivity index (χ1) is 10.9. The van der Waals surface area contributed by atoms with Crippen molar-refractivity contribution < 1.29 is 9.53 Å². The Morgan fingerprint density at radius 1 is 1.30 bits per heavy atom. The minimum Gasteiger partial charge on any atom is -0.444 e. The molecule has 2 rings (SSSR count). The fourth-order valence-corrected chi connectivity index (χ4v) is 2.71. The smallest absolute Gasteiger partial charge is 0.410 e. The van der Waals surface area contributed by atoms with Crippen molar-refractivity contribution in [1.82, 2.24) is 4.90 Å². The number of rotatable bonds is 3. The van der Waals surface area contributed by atoms with Crippen LogP contribution in [0.2, 0.25) is 0 Å². The fraction of sp³-hybridized carbons (Fsp3) is 0.556. The van der Waals surface area contributed by atoms with Crippen LogP contribution in [0, 0.1) is 17.2 Å². The standard InChI is InChI=1S/C18H25N3O2/c1-18(2,3)23-17(22)21-11-9-14(10-12-21)16(13-19)20-15-7-5-4-6-8-15/h4-8,14,16,20H,9-12H2,1-3H3. The lowest BCUT2D eigenvalue weighted by molar-refractivity contribution is 0.0182. The maximum atomic E-state index is 12.1. The Bertz CT molecular complexity index is 552. The van der Waals surface area contributed by atoms with Gasteiger partial charge < -0.3 is 15.0 Å². The van der Waals surface area contributed by atoms with Gasteiger partial charge in [0.05, 0.1) is 6.07 Å². The van der Waals surface area contributed by atoms with E-state index in [9.17, 15) is 10.1 Å². The summed E-state index contributed by atoms with van der Waals surface area (Å²) in [5.41, 5.74) is 0.478. The summed E-state index contributed by atoms with van der Waals surface area (Å²) in [6.07, 6.45) is 1.34. The van der Waals surface area contributed by atoms with Crippen LogP contribution in [0.1, 0.15) is 33.6 Å². The van der Waals surface area contributed by atoms with Crippen LogP contribution in [-0.2, 0) is 4.74 Å². The van der Waals surface area contributed by atoms with Crippen molar-refractivity contribution in [2.75, 3.05) is 18.4 Å². The highest BCUT2D eigenvalue weighted by Crippen LogP contribution is 2.24. The molecule has 1 heterocycles. The van der Waals surface area contributed by atoms with Gasteiger partial charge in [0.25, 0.3) is 0 Å². The van der Waals surface area contributed by atoms with Gasteiger partial charge in [0.2, 0.25) is 0 Å². The van der Waals surface area contributed by atoms with E-state index in [4.69, 9.17) is 4.74 Å². The lowest BCUT2D eigenvalue weighted by atomic mass is 9.90. The van der Waals surface area contributed by atoms with Crippen LogP contribution in [0.4, 0.5) is 10.5 Å². The Hall–Kier alpha value is -2.22. The molecule has 124 valence electrons. The van der Waals surface area contributed by atoms with E-state index in [2.05, 4.69) is 11.4 Å². The van der Waals surface area contributed by atoms with Crippen LogP contribution in [0.15, 0.2) is 30.3 Å². The normalized spacial score (nSPS) is 17.2. The van der Waals surface area contributed by atoms with Crippen molar-refractivity contribution in [3.8, 4) is 6.07 Å². The number of nitrogens with one attached hydrogen (secondary N) is 1. The van der Waals surface area contributed by atoms with Crippen LogP contribution in [0.25, 0.3) is 0 Å². The van der Waals surface area contributed by atoms with E-state index in [1.165, 1.54) is 0 Å². The summed E-state index contributed by atoms with van der Waals surface area (Å²) >= 11 is 0. The van der Waals surface area contributed by atoms with Crippen molar-refractivity contribution >= 4 is 11.8 Å². The maximum absolute atomic E-state index is 12.1. The lowest BCUT2D eigenvalue weighted by Crippen LogP contribution is -2.44. The number of nitrogens with zero attached hydrogens (tertiary/aromatic N) is 2. The van der Waals surface area contributed by atoms with Crippen LogP contribution >= 0.6 is 0 Å². The number of carbonyl (C=O) groups is 1. The molecule has 0 bridgehead atoms. The molecule has 0 spiro atoms. The van der Waals surface area contributed by atoms with E-state index < -0.39 is 5.60 Å². The number of carbonyl (C=O) groups excluding carboxylic acids is 1. The zero-order valence-electron chi connectivity index (χ0n) is 14.1. The largest absolute Gasteiger partial charge is 0.444 e. The number of hydrogen-bond donors (Lipinski definition) is 1. The Morgan fingerprint density at radius 3 is 2.43 bits per heavy atom. The Kier molecular flexibility index (Phi) is 5.49. The highest BCUT2D eigenvalue weighted by molar-refractivity contribution is 5.68. The molecule has 0 saturated carbocycles. The van der Waals surface area contributed by atoms with Crippen LogP contribution in [-0.4, -0.2) is 35.7 Å². The summed E-state index contributed by atoms with van der Waals surface area (Å²) in [5.74, 6) is 0.235. The van der Waals surface area contributed by atoms with Crippen LogP contribution < -0.4 is 5.32 Å². The van der Waals surface area contributed by atoms with E-state index in [0.717, 1.165) is 18.5 Å². The number of amides is 1. The Morgan fingerprint density at radius 2 is 1.91 bits per heavy atom. The molecule has 0 aromatic heterocycles. The van der Waals surface area contributed by atoms with E-state index in [0.29, 0.717) is 13.1 Å². The molecule has 1 saturated heterocycles. The molecule has 1 amide bonds. The SMILES string of the molecule is CC(C)(C)OC(=O)N1CCC(C(C#N)Nc2ccccc2)CC1. The molecule has 5 heteroatoms. The van der Waals surface area contributed by atoms with Gasteiger partial charge in [-0.15, -0.1) is 0 Å². The van der Waals surface area contributed by atoms with Gasteiger partial charge in [0.1, 0.15) is 11.6 Å². The minimum absolute atomic E-state index is 0.235. The van der Waals surface area contributed by atoms with Crippen molar-refractivity contribution in [3.63, 3.8) is 0 Å². The predicted molar refractivity (Wildman–Crippen MR) is 90.0 cm³/mol. The Labute approximate surface area is 138 Å². The summed E-state index contributed by atoms with van der Waals surface area (Å²) in [6.45, 7) is 6.87. The molecule has 0 aliphatic carbocycles. The molecule has 1 fully saturated rings. The molecule has 1 unspecified atom stereocenters. The summed E-state index contributed by atoms with van der Waals surface area (Å²) in [4.78, 5) is 13.8. The number of nitriles is 1. The van der Waals surface area contributed by atoms with Gasteiger partial charge in [-0.05, 0) is 51.7 Å². The van der Waals surface area contributed by atoms with Gasteiger partial charge in [-0.25, -0.2) is 4.79 Å². The predicted octanol–water partition coefficient (Wildman–Crippen LogP) is 3.64. The number of para-hydroxylation sites is 1. The molecule has 1 N–H and O–H groups in total. The molecule has 0 radical (unpaired) electrons. The summed E-state index contributed by atoms with van der Waals surface area (Å²) in [5, 5.41) is 12.7. The number of ether oxygens (including phenoxy) is 1. The lowest BCUT2D eigenvalue weighted by Gasteiger charge is -2.35. The third kappa shape index (κ3) is 5.17. The van der Waals surface area contributed by atoms with Gasteiger partial charge in [-0.2, -0.15) is 5.26 Å². The molecule has 1 aromatic rings. The van der Waals surface area contributed by atoms with E-state index in [1.54, 1.807) is 4.90 Å². The second-order valence-corrected chi connectivity index (χ2v) is 6.92. The minimum atomic E-state index is -0.474. The molecular weight excluding hydrogens is 290 g/mol. The van der Waals surface area contributed by atoms with Gasteiger partial charge in [0.15, 0.2) is 0 Å². The third-order valence-corrected chi connectivity index (χ3v) is 3.90. The monoisotopic (exact) mass is 315 g/mol. The van der Waals surface area contributed by atoms with Gasteiger partial charge >= 0.3 is 6.09 Å². The number of anilines is 1. The van der Waals surface area contributed by atoms with E-state index in [-0.39, 0.29) is 18.1 Å². The fourth-order valence-electron chi connectivity index (χ4n) is 2.71. The topological polar surface area (TPSA) is 65.4 Å². The first-order valence-electron chi connectivity index (χ1n) is 8.08. The Balaban J connectivity index is 1.87. The number of benzene rings is 1. The van der Waals surface area contributed by atoms with Gasteiger partial charge in [-0.1, -0.05) is 18.2 Å². The average Bonchev–Trinajstić information content (AvgIpc) is 2.52. The summed E-state index contributed by atoms with van der Waals surface area (Å²) < 4.78 is 5.40. The first-order valence-corrected chi connectivity index (χ1v) is 8.08. The molecule has 1 atom stereocenters. The van der Waals surface area contributed by atoms with Gasteiger partial charge in [-0.3, -0.25) is 0 Å². The molecular formula is C18H25N3O2. The zero-order chi connectivity index (χ0) is 16.9. The summed E-state index contributed by atoms with van der Waals surface area (Å²) in [6, 6.07) is 11.9. The van der Waals surface area contributed by atoms with Crippen LogP contribution in [0.5, 0.6) is 0 Å². The molecule has 1 aromatic carbocycles. The highest BCUT2D eigenvalue weighted by Gasteiger charge is 2.30. The second kappa shape index (κ2) is 7.36. The second-order valence-electron chi connectivity index (χ2n) is 6.92. The van der Waals surface area contributed by atoms with Gasteiger partial charge in [0, 0.05) is 18.8 Å². The molecule has 1 aliphatic rings. The number of piperidine rings is 1. The maximum Gasteiger partial charge on any atom is 0.410 e. The molecule has 5 nitrogen and oxygen atoms in total. The van der Waals surface area contributed by atoms with E-state index >= 15 is 0 Å². The first kappa shape index (κ1) is 17.1. The zero-order valence-corrected chi connectivity index (χ0v) is 14.1. The quantitative estimate of drug-likeness (QED) is 0.925. The number of likely N-dealkylation sites (tertiary alicyclic amines) is 1. The van der Waals surface area contributed by atoms with E-state index in [1.807, 2.05) is 51.1 Å². The highest BCUT2D eigenvalue weighted by atomic mass is 16.6. The van der Waals surface area contributed by atoms with Crippen LogP contribution in [0.3, 0.4) is 0 Å². The van der Waals surface area contributed by atoms with Crippen molar-refractivity contribution in [3.05, 3.63) is 30.3 Å². The van der Waals surface area contributed by atoms with Crippen molar-refractivity contribution in [2.45, 2.75) is 45.3 Å². The van der Waals surface area contributed by atoms with Crippen molar-refractivity contribution in [2.24, 2.45) is 5.92 Å².